The van der Waals surface area contributed by atoms with Crippen molar-refractivity contribution >= 4 is 21.1 Å². The van der Waals surface area contributed by atoms with Gasteiger partial charge in [0, 0.05) is 12.6 Å². The lowest BCUT2D eigenvalue weighted by Crippen LogP contribution is -2.39. The van der Waals surface area contributed by atoms with Gasteiger partial charge in [0.15, 0.2) is 0 Å². The summed E-state index contributed by atoms with van der Waals surface area (Å²) in [5.74, 6) is 0. The number of likely N-dealkylation sites (tertiary alicyclic amines) is 1. The van der Waals surface area contributed by atoms with E-state index in [9.17, 15) is 13.2 Å². The Labute approximate surface area is 128 Å². The molecule has 7 nitrogen and oxygen atoms in total. The SMILES string of the molecule is CCN1CCCC1CNS(=O)(=O)c1ccc2[nH]c(=O)[nH]c2c1. The van der Waals surface area contributed by atoms with E-state index in [4.69, 9.17) is 0 Å². The van der Waals surface area contributed by atoms with Gasteiger partial charge in [0.05, 0.1) is 15.9 Å². The molecule has 0 spiro atoms. The Hall–Kier alpha value is -1.64. The Morgan fingerprint density at radius 1 is 1.32 bits per heavy atom. The third-order valence-corrected chi connectivity index (χ3v) is 5.63. The molecular formula is C14H20N4O3S. The van der Waals surface area contributed by atoms with Gasteiger partial charge in [0.1, 0.15) is 0 Å². The van der Waals surface area contributed by atoms with Crippen molar-refractivity contribution in [1.29, 1.82) is 0 Å². The molecule has 3 rings (SSSR count). The number of nitrogens with zero attached hydrogens (tertiary/aromatic N) is 1. The summed E-state index contributed by atoms with van der Waals surface area (Å²) >= 11 is 0. The number of fused-ring (bicyclic) bond motifs is 1. The second-order valence-corrected chi connectivity index (χ2v) is 7.33. The zero-order valence-electron chi connectivity index (χ0n) is 12.4. The van der Waals surface area contributed by atoms with Gasteiger partial charge >= 0.3 is 5.69 Å². The number of aromatic nitrogens is 2. The minimum Gasteiger partial charge on any atom is -0.306 e. The quantitative estimate of drug-likeness (QED) is 0.751. The molecule has 8 heteroatoms. The van der Waals surface area contributed by atoms with E-state index in [0.29, 0.717) is 17.6 Å². The van der Waals surface area contributed by atoms with E-state index in [0.717, 1.165) is 25.9 Å². The topological polar surface area (TPSA) is 98.1 Å². The second kappa shape index (κ2) is 5.86. The Morgan fingerprint density at radius 2 is 2.09 bits per heavy atom. The van der Waals surface area contributed by atoms with E-state index in [1.165, 1.54) is 12.1 Å². The number of imidazole rings is 1. The lowest BCUT2D eigenvalue weighted by Gasteiger charge is -2.22. The van der Waals surface area contributed by atoms with Crippen molar-refractivity contribution in [2.75, 3.05) is 19.6 Å². The molecule has 0 radical (unpaired) electrons. The van der Waals surface area contributed by atoms with E-state index in [1.807, 2.05) is 0 Å². The molecule has 0 amide bonds. The van der Waals surface area contributed by atoms with Crippen molar-refractivity contribution in [3.05, 3.63) is 28.7 Å². The standard InChI is InChI=1S/C14H20N4O3S/c1-2-18-7-3-4-10(18)9-15-22(20,21)11-5-6-12-13(8-11)17-14(19)16-12/h5-6,8,10,15H,2-4,7,9H2,1H3,(H2,16,17,19). The first-order valence-electron chi connectivity index (χ1n) is 7.45. The maximum atomic E-state index is 12.4. The van der Waals surface area contributed by atoms with E-state index >= 15 is 0 Å². The first-order chi connectivity index (χ1) is 10.5. The van der Waals surface area contributed by atoms with Gasteiger partial charge in [0.2, 0.25) is 10.0 Å². The molecule has 3 N–H and O–H groups in total. The maximum absolute atomic E-state index is 12.4. The number of benzene rings is 1. The van der Waals surface area contributed by atoms with Crippen LogP contribution in [0.3, 0.4) is 0 Å². The molecule has 1 fully saturated rings. The van der Waals surface area contributed by atoms with Crippen LogP contribution in [0.2, 0.25) is 0 Å². The highest BCUT2D eigenvalue weighted by Gasteiger charge is 2.25. The summed E-state index contributed by atoms with van der Waals surface area (Å²) in [6.07, 6.45) is 2.12. The van der Waals surface area contributed by atoms with Crippen LogP contribution in [0.15, 0.2) is 27.9 Å². The minimum absolute atomic E-state index is 0.163. The van der Waals surface area contributed by atoms with E-state index < -0.39 is 10.0 Å². The molecule has 1 aliphatic rings. The Kier molecular flexibility index (Phi) is 4.07. The lowest BCUT2D eigenvalue weighted by atomic mass is 10.2. The molecule has 0 saturated carbocycles. The van der Waals surface area contributed by atoms with Gasteiger partial charge in [-0.25, -0.2) is 17.9 Å². The molecule has 1 aromatic heterocycles. The smallest absolute Gasteiger partial charge is 0.306 e. The summed E-state index contributed by atoms with van der Waals surface area (Å²) in [7, 11) is -3.57. The number of rotatable bonds is 5. The van der Waals surface area contributed by atoms with Gasteiger partial charge in [-0.2, -0.15) is 0 Å². The highest BCUT2D eigenvalue weighted by Crippen LogP contribution is 2.18. The van der Waals surface area contributed by atoms with Gasteiger partial charge in [-0.1, -0.05) is 6.92 Å². The zero-order chi connectivity index (χ0) is 15.7. The number of nitrogens with one attached hydrogen (secondary N) is 3. The fourth-order valence-corrected chi connectivity index (χ4v) is 4.11. The Bertz CT molecular complexity index is 824. The van der Waals surface area contributed by atoms with Crippen molar-refractivity contribution in [3.8, 4) is 0 Å². The van der Waals surface area contributed by atoms with Crippen LogP contribution in [0, 0.1) is 0 Å². The highest BCUT2D eigenvalue weighted by molar-refractivity contribution is 7.89. The minimum atomic E-state index is -3.57. The number of likely N-dealkylation sites (N-methyl/N-ethyl adjacent to an activating group) is 1. The summed E-state index contributed by atoms with van der Waals surface area (Å²) in [5.41, 5.74) is 0.739. The van der Waals surface area contributed by atoms with Gasteiger partial charge < -0.3 is 9.97 Å². The first kappa shape index (κ1) is 15.3. The van der Waals surface area contributed by atoms with Crippen molar-refractivity contribution in [2.45, 2.75) is 30.7 Å². The Balaban J connectivity index is 1.77. The summed E-state index contributed by atoms with van der Waals surface area (Å²) in [4.78, 5) is 18.9. The Morgan fingerprint density at radius 3 is 2.86 bits per heavy atom. The lowest BCUT2D eigenvalue weighted by molar-refractivity contribution is 0.268. The number of H-pyrrole nitrogens is 2. The maximum Gasteiger partial charge on any atom is 0.323 e. The molecule has 0 aliphatic carbocycles. The van der Waals surface area contributed by atoms with Gasteiger partial charge in [-0.15, -0.1) is 0 Å². The highest BCUT2D eigenvalue weighted by atomic mass is 32.2. The summed E-state index contributed by atoms with van der Waals surface area (Å²) < 4.78 is 27.5. The van der Waals surface area contributed by atoms with Crippen LogP contribution >= 0.6 is 0 Å². The average Bonchev–Trinajstić information content (AvgIpc) is 3.08. The number of hydrogen-bond donors (Lipinski definition) is 3. The monoisotopic (exact) mass is 324 g/mol. The predicted molar refractivity (Wildman–Crippen MR) is 84.4 cm³/mol. The molecule has 1 atom stereocenters. The van der Waals surface area contributed by atoms with Gasteiger partial charge in [-0.05, 0) is 44.1 Å². The first-order valence-corrected chi connectivity index (χ1v) is 8.93. The van der Waals surface area contributed by atoms with E-state index in [1.54, 1.807) is 6.07 Å². The molecule has 1 saturated heterocycles. The fraction of sp³-hybridized carbons (Fsp3) is 0.500. The second-order valence-electron chi connectivity index (χ2n) is 5.56. The van der Waals surface area contributed by atoms with Crippen LogP contribution in [-0.2, 0) is 10.0 Å². The summed E-state index contributed by atoms with van der Waals surface area (Å²) in [5, 5.41) is 0. The third-order valence-electron chi connectivity index (χ3n) is 4.21. The number of aromatic amines is 2. The fourth-order valence-electron chi connectivity index (χ4n) is 3.01. The van der Waals surface area contributed by atoms with Crippen molar-refractivity contribution in [3.63, 3.8) is 0 Å². The van der Waals surface area contributed by atoms with E-state index in [-0.39, 0.29) is 16.6 Å². The van der Waals surface area contributed by atoms with Gasteiger partial charge in [-0.3, -0.25) is 4.90 Å². The largest absolute Gasteiger partial charge is 0.323 e. The van der Waals surface area contributed by atoms with Gasteiger partial charge in [0.25, 0.3) is 0 Å². The number of hydrogen-bond acceptors (Lipinski definition) is 4. The normalized spacial score (nSPS) is 20.0. The number of sulfonamides is 1. The third kappa shape index (κ3) is 2.94. The average molecular weight is 324 g/mol. The molecular weight excluding hydrogens is 304 g/mol. The molecule has 2 aromatic rings. The van der Waals surface area contributed by atoms with Crippen LogP contribution in [0.4, 0.5) is 0 Å². The van der Waals surface area contributed by atoms with Crippen LogP contribution in [0.5, 0.6) is 0 Å². The molecule has 120 valence electrons. The molecule has 22 heavy (non-hydrogen) atoms. The van der Waals surface area contributed by atoms with E-state index in [2.05, 4.69) is 26.5 Å². The zero-order valence-corrected chi connectivity index (χ0v) is 13.2. The molecule has 2 heterocycles. The van der Waals surface area contributed by atoms with Crippen LogP contribution < -0.4 is 10.4 Å². The molecule has 0 bridgehead atoms. The van der Waals surface area contributed by atoms with Crippen molar-refractivity contribution in [2.24, 2.45) is 0 Å². The molecule has 1 aliphatic heterocycles. The summed E-state index contributed by atoms with van der Waals surface area (Å²) in [6.45, 7) is 4.46. The summed E-state index contributed by atoms with van der Waals surface area (Å²) in [6, 6.07) is 4.83. The predicted octanol–water partition coefficient (Wildman–Crippen LogP) is 0.619. The van der Waals surface area contributed by atoms with Crippen molar-refractivity contribution in [1.82, 2.24) is 19.6 Å². The van der Waals surface area contributed by atoms with Crippen molar-refractivity contribution < 1.29 is 8.42 Å². The van der Waals surface area contributed by atoms with Crippen LogP contribution in [0.1, 0.15) is 19.8 Å². The van der Waals surface area contributed by atoms with Crippen LogP contribution in [0.25, 0.3) is 11.0 Å². The molecule has 1 unspecified atom stereocenters. The molecule has 1 aromatic carbocycles. The van der Waals surface area contributed by atoms with Crippen LogP contribution in [-0.4, -0.2) is 49.0 Å².